The number of ether oxygens (including phenoxy) is 1. The van der Waals surface area contributed by atoms with Gasteiger partial charge in [0.05, 0.1) is 11.6 Å². The van der Waals surface area contributed by atoms with Gasteiger partial charge in [-0.1, -0.05) is 48.9 Å². The Morgan fingerprint density at radius 2 is 1.93 bits per heavy atom. The molecule has 1 aliphatic rings. The predicted octanol–water partition coefficient (Wildman–Crippen LogP) is 6.29. The van der Waals surface area contributed by atoms with Gasteiger partial charge in [-0.2, -0.15) is 5.26 Å². The van der Waals surface area contributed by atoms with Crippen LogP contribution in [-0.2, 0) is 25.9 Å². The van der Waals surface area contributed by atoms with Crippen LogP contribution in [0.4, 0.5) is 0 Å². The number of rotatable bonds is 5. The molecule has 0 unspecified atom stereocenters. The van der Waals surface area contributed by atoms with Gasteiger partial charge in [0.2, 0.25) is 0 Å². The van der Waals surface area contributed by atoms with E-state index in [0.717, 1.165) is 47.4 Å². The third-order valence-electron chi connectivity index (χ3n) is 5.47. The van der Waals surface area contributed by atoms with Crippen LogP contribution in [0.15, 0.2) is 48.5 Å². The van der Waals surface area contributed by atoms with Crippen molar-refractivity contribution >= 4 is 11.6 Å². The van der Waals surface area contributed by atoms with Crippen LogP contribution < -0.4 is 4.74 Å². The zero-order chi connectivity index (χ0) is 20.2. The molecule has 2 aromatic carbocycles. The van der Waals surface area contributed by atoms with Crippen molar-refractivity contribution in [1.82, 2.24) is 4.98 Å². The van der Waals surface area contributed by atoms with Gasteiger partial charge in [-0.3, -0.25) is 4.98 Å². The van der Waals surface area contributed by atoms with Crippen LogP contribution >= 0.6 is 11.6 Å². The van der Waals surface area contributed by atoms with Gasteiger partial charge in [-0.05, 0) is 55.4 Å². The normalized spacial score (nSPS) is 12.9. The SMILES string of the molecule is CCc1cc(OCc2ccc(-c3ccccc3C#N)cc2Cl)c2c(n1)CCCC2. The molecule has 0 amide bonds. The minimum atomic E-state index is 0.415. The van der Waals surface area contributed by atoms with Gasteiger partial charge in [0.25, 0.3) is 0 Å². The van der Waals surface area contributed by atoms with Gasteiger partial charge in [-0.15, -0.1) is 0 Å². The second kappa shape index (κ2) is 8.68. The Hall–Kier alpha value is -2.83. The number of halogens is 1. The molecule has 0 atom stereocenters. The lowest BCUT2D eigenvalue weighted by atomic mass is 9.94. The van der Waals surface area contributed by atoms with Crippen LogP contribution in [-0.4, -0.2) is 4.98 Å². The summed E-state index contributed by atoms with van der Waals surface area (Å²) in [6.07, 6.45) is 5.35. The van der Waals surface area contributed by atoms with Crippen LogP contribution in [0.2, 0.25) is 5.02 Å². The Balaban J connectivity index is 1.58. The van der Waals surface area contributed by atoms with Gasteiger partial charge in [0.15, 0.2) is 0 Å². The van der Waals surface area contributed by atoms with Crippen molar-refractivity contribution in [2.45, 2.75) is 45.6 Å². The molecule has 3 nitrogen and oxygen atoms in total. The topological polar surface area (TPSA) is 45.9 Å². The van der Waals surface area contributed by atoms with Gasteiger partial charge in [-0.25, -0.2) is 0 Å². The van der Waals surface area contributed by atoms with Crippen molar-refractivity contribution in [3.8, 4) is 22.9 Å². The van der Waals surface area contributed by atoms with Crippen molar-refractivity contribution in [3.63, 3.8) is 0 Å². The Bertz CT molecular complexity index is 1080. The first-order chi connectivity index (χ1) is 14.2. The van der Waals surface area contributed by atoms with Crippen LogP contribution in [0.25, 0.3) is 11.1 Å². The molecule has 4 heteroatoms. The first kappa shape index (κ1) is 19.5. The number of aryl methyl sites for hydroxylation is 2. The van der Waals surface area contributed by atoms with Crippen LogP contribution in [0.3, 0.4) is 0 Å². The van der Waals surface area contributed by atoms with Crippen molar-refractivity contribution in [2.24, 2.45) is 0 Å². The zero-order valence-corrected chi connectivity index (χ0v) is 17.3. The van der Waals surface area contributed by atoms with E-state index in [9.17, 15) is 5.26 Å². The van der Waals surface area contributed by atoms with Gasteiger partial charge >= 0.3 is 0 Å². The predicted molar refractivity (Wildman–Crippen MR) is 116 cm³/mol. The lowest BCUT2D eigenvalue weighted by molar-refractivity contribution is 0.300. The van der Waals surface area contributed by atoms with E-state index in [-0.39, 0.29) is 0 Å². The standard InChI is InChI=1S/C25H23ClN2O/c1-2-20-14-25(22-9-5-6-10-24(22)28-20)29-16-19-12-11-17(13-23(19)26)21-8-4-3-7-18(21)15-27/h3-4,7-8,11-14H,2,5-6,9-10,16H2,1H3. The summed E-state index contributed by atoms with van der Waals surface area (Å²) in [6, 6.07) is 17.8. The summed E-state index contributed by atoms with van der Waals surface area (Å²) in [5.74, 6) is 0.946. The molecule has 0 saturated heterocycles. The fourth-order valence-electron chi connectivity index (χ4n) is 3.85. The number of nitrogens with zero attached hydrogens (tertiary/aromatic N) is 2. The fraction of sp³-hybridized carbons (Fsp3) is 0.280. The Kier molecular flexibility index (Phi) is 5.83. The molecule has 1 heterocycles. The molecule has 0 aliphatic heterocycles. The van der Waals surface area contributed by atoms with Crippen LogP contribution in [0, 0.1) is 11.3 Å². The Morgan fingerprint density at radius 1 is 1.10 bits per heavy atom. The summed E-state index contributed by atoms with van der Waals surface area (Å²) in [5, 5.41) is 9.99. The molecule has 4 rings (SSSR count). The molecule has 0 spiro atoms. The quantitative estimate of drug-likeness (QED) is 0.503. The van der Waals surface area contributed by atoms with Crippen LogP contribution in [0.5, 0.6) is 5.75 Å². The van der Waals surface area contributed by atoms with E-state index < -0.39 is 0 Å². The molecule has 1 aliphatic carbocycles. The third-order valence-corrected chi connectivity index (χ3v) is 5.82. The molecular formula is C25H23ClN2O. The lowest BCUT2D eigenvalue weighted by Crippen LogP contribution is -2.10. The minimum absolute atomic E-state index is 0.415. The fourth-order valence-corrected chi connectivity index (χ4v) is 4.09. The smallest absolute Gasteiger partial charge is 0.126 e. The monoisotopic (exact) mass is 402 g/mol. The maximum absolute atomic E-state index is 9.35. The van der Waals surface area contributed by atoms with Crippen molar-refractivity contribution < 1.29 is 4.74 Å². The summed E-state index contributed by atoms with van der Waals surface area (Å²) in [7, 11) is 0. The highest BCUT2D eigenvalue weighted by Gasteiger charge is 2.17. The zero-order valence-electron chi connectivity index (χ0n) is 16.5. The number of hydrogen-bond donors (Lipinski definition) is 0. The molecule has 0 fully saturated rings. The van der Waals surface area contributed by atoms with E-state index in [2.05, 4.69) is 19.1 Å². The molecule has 0 saturated carbocycles. The van der Waals surface area contributed by atoms with E-state index in [1.165, 1.54) is 24.1 Å². The summed E-state index contributed by atoms with van der Waals surface area (Å²) in [5.41, 5.74) is 6.93. The summed E-state index contributed by atoms with van der Waals surface area (Å²) >= 11 is 6.57. The average molecular weight is 403 g/mol. The maximum Gasteiger partial charge on any atom is 0.126 e. The highest BCUT2D eigenvalue weighted by molar-refractivity contribution is 6.31. The number of aromatic nitrogens is 1. The van der Waals surface area contributed by atoms with Gasteiger partial charge < -0.3 is 4.74 Å². The first-order valence-electron chi connectivity index (χ1n) is 10.1. The summed E-state index contributed by atoms with van der Waals surface area (Å²) < 4.78 is 6.23. The second-order valence-electron chi connectivity index (χ2n) is 7.35. The number of hydrogen-bond acceptors (Lipinski definition) is 3. The molecular weight excluding hydrogens is 380 g/mol. The van der Waals surface area contributed by atoms with Crippen LogP contribution in [0.1, 0.15) is 47.8 Å². The molecule has 0 radical (unpaired) electrons. The summed E-state index contributed by atoms with van der Waals surface area (Å²) in [6.45, 7) is 2.54. The first-order valence-corrected chi connectivity index (χ1v) is 10.5. The summed E-state index contributed by atoms with van der Waals surface area (Å²) in [4.78, 5) is 4.79. The highest BCUT2D eigenvalue weighted by Crippen LogP contribution is 2.32. The van der Waals surface area contributed by atoms with Gasteiger partial charge in [0, 0.05) is 33.6 Å². The third kappa shape index (κ3) is 4.13. The number of benzene rings is 2. The van der Waals surface area contributed by atoms with Gasteiger partial charge in [0.1, 0.15) is 12.4 Å². The molecule has 0 bridgehead atoms. The second-order valence-corrected chi connectivity index (χ2v) is 7.76. The molecule has 3 aromatic rings. The van der Waals surface area contributed by atoms with E-state index in [4.69, 9.17) is 21.3 Å². The van der Waals surface area contributed by atoms with E-state index in [1.807, 2.05) is 42.5 Å². The average Bonchev–Trinajstić information content (AvgIpc) is 2.77. The maximum atomic E-state index is 9.35. The van der Waals surface area contributed by atoms with Crippen molar-refractivity contribution in [2.75, 3.05) is 0 Å². The largest absolute Gasteiger partial charge is 0.488 e. The Labute approximate surface area is 176 Å². The van der Waals surface area contributed by atoms with Crippen molar-refractivity contribution in [3.05, 3.63) is 81.6 Å². The van der Waals surface area contributed by atoms with E-state index in [1.54, 1.807) is 0 Å². The molecule has 0 N–H and O–H groups in total. The lowest BCUT2D eigenvalue weighted by Gasteiger charge is -2.20. The minimum Gasteiger partial charge on any atom is -0.488 e. The van der Waals surface area contributed by atoms with E-state index >= 15 is 0 Å². The Morgan fingerprint density at radius 3 is 2.72 bits per heavy atom. The number of nitriles is 1. The van der Waals surface area contributed by atoms with E-state index in [0.29, 0.717) is 17.2 Å². The molecule has 29 heavy (non-hydrogen) atoms. The molecule has 1 aromatic heterocycles. The molecule has 146 valence electrons. The number of pyridine rings is 1. The van der Waals surface area contributed by atoms with Crippen molar-refractivity contribution in [1.29, 1.82) is 5.26 Å². The highest BCUT2D eigenvalue weighted by atomic mass is 35.5. The number of fused-ring (bicyclic) bond motifs is 1.